The van der Waals surface area contributed by atoms with Crippen molar-refractivity contribution in [2.45, 2.75) is 37.4 Å². The van der Waals surface area contributed by atoms with E-state index in [0.29, 0.717) is 11.1 Å². The van der Waals surface area contributed by atoms with E-state index in [9.17, 15) is 9.90 Å². The number of aryl methyl sites for hydroxylation is 1. The zero-order valence-corrected chi connectivity index (χ0v) is 19.0. The van der Waals surface area contributed by atoms with Gasteiger partial charge in [-0.15, -0.1) is 0 Å². The van der Waals surface area contributed by atoms with E-state index in [1.165, 1.54) is 0 Å². The Bertz CT molecular complexity index is 1090. The summed E-state index contributed by atoms with van der Waals surface area (Å²) < 4.78 is 6.91. The van der Waals surface area contributed by atoms with Gasteiger partial charge in [-0.2, -0.15) is 0 Å². The van der Waals surface area contributed by atoms with E-state index in [1.807, 2.05) is 54.6 Å². The number of ether oxygens (including phenoxy) is 1. The lowest BCUT2D eigenvalue weighted by atomic mass is 9.91. The Morgan fingerprint density at radius 3 is 2.30 bits per heavy atom. The van der Waals surface area contributed by atoms with Crippen LogP contribution in [0, 0.1) is 0 Å². The smallest absolute Gasteiger partial charge is 0.348 e. The summed E-state index contributed by atoms with van der Waals surface area (Å²) in [6.07, 6.45) is 6.82. The van der Waals surface area contributed by atoms with Gasteiger partial charge in [-0.1, -0.05) is 48.5 Å². The molecule has 1 aliphatic heterocycles. The fourth-order valence-electron chi connectivity index (χ4n) is 5.29. The first-order chi connectivity index (χ1) is 16.0. The number of quaternary nitrogens is 1. The van der Waals surface area contributed by atoms with Gasteiger partial charge in [0, 0.05) is 42.3 Å². The number of rotatable bonds is 6. The van der Waals surface area contributed by atoms with E-state index in [2.05, 4.69) is 17.0 Å². The van der Waals surface area contributed by atoms with Gasteiger partial charge in [0.15, 0.2) is 0 Å². The lowest BCUT2D eigenvalue weighted by Gasteiger charge is -2.40. The van der Waals surface area contributed by atoms with Crippen molar-refractivity contribution in [1.29, 1.82) is 0 Å². The van der Waals surface area contributed by atoms with Crippen LogP contribution < -0.4 is 0 Å². The Balaban J connectivity index is 1.22. The average molecular weight is 445 g/mol. The minimum atomic E-state index is -1.75. The lowest BCUT2D eigenvalue weighted by molar-refractivity contribution is -0.915. The normalized spacial score (nSPS) is 22.9. The molecule has 33 heavy (non-hydrogen) atoms. The standard InChI is InChI=1S/C27H30N3O3/c1-30(16-6-7-20-12-15-28-19-29-20)17-13-21(14-18-30)33-26(31)27(32)24-10-4-2-8-22(24)23-9-3-5-11-25(23)27/h2-5,8-12,15,19,21,32H,6-7,13-14,16-18H2,1H3/q+1. The molecule has 1 N–H and O–H groups in total. The van der Waals surface area contributed by atoms with Crippen LogP contribution in [0.4, 0.5) is 0 Å². The second-order valence-electron chi connectivity index (χ2n) is 9.50. The van der Waals surface area contributed by atoms with Crippen LogP contribution in [0.15, 0.2) is 67.1 Å². The van der Waals surface area contributed by atoms with Gasteiger partial charge in [0.1, 0.15) is 12.4 Å². The number of carbonyl (C=O) groups is 1. The van der Waals surface area contributed by atoms with Crippen molar-refractivity contribution in [2.75, 3.05) is 26.7 Å². The van der Waals surface area contributed by atoms with Crippen LogP contribution in [0.1, 0.15) is 36.1 Å². The second-order valence-corrected chi connectivity index (χ2v) is 9.50. The minimum Gasteiger partial charge on any atom is -0.459 e. The van der Waals surface area contributed by atoms with Crippen LogP contribution in [0.5, 0.6) is 0 Å². The number of hydrogen-bond acceptors (Lipinski definition) is 5. The highest BCUT2D eigenvalue weighted by atomic mass is 16.6. The highest BCUT2D eigenvalue weighted by Gasteiger charge is 2.50. The number of nitrogens with zero attached hydrogens (tertiary/aromatic N) is 3. The van der Waals surface area contributed by atoms with Crippen molar-refractivity contribution in [2.24, 2.45) is 0 Å². The molecule has 0 spiro atoms. The molecule has 0 unspecified atom stereocenters. The van der Waals surface area contributed by atoms with E-state index in [4.69, 9.17) is 4.74 Å². The topological polar surface area (TPSA) is 72.3 Å². The second kappa shape index (κ2) is 8.69. The highest BCUT2D eigenvalue weighted by molar-refractivity contribution is 5.96. The molecule has 0 bridgehead atoms. The molecule has 2 heterocycles. The van der Waals surface area contributed by atoms with Gasteiger partial charge in [-0.3, -0.25) is 0 Å². The number of likely N-dealkylation sites (tertiary alicyclic amines) is 1. The van der Waals surface area contributed by atoms with Crippen LogP contribution in [-0.4, -0.2) is 58.3 Å². The molecule has 0 saturated carbocycles. The third-order valence-electron chi connectivity index (χ3n) is 7.25. The van der Waals surface area contributed by atoms with Gasteiger partial charge >= 0.3 is 5.97 Å². The molecule has 1 saturated heterocycles. The molecule has 0 amide bonds. The summed E-state index contributed by atoms with van der Waals surface area (Å²) >= 11 is 0. The van der Waals surface area contributed by atoms with Crippen molar-refractivity contribution in [3.05, 3.63) is 83.9 Å². The monoisotopic (exact) mass is 444 g/mol. The number of benzene rings is 2. The number of carbonyl (C=O) groups excluding carboxylic acids is 1. The minimum absolute atomic E-state index is 0.172. The van der Waals surface area contributed by atoms with E-state index < -0.39 is 11.6 Å². The summed E-state index contributed by atoms with van der Waals surface area (Å²) in [6.45, 7) is 2.97. The zero-order valence-electron chi connectivity index (χ0n) is 19.0. The predicted octanol–water partition coefficient (Wildman–Crippen LogP) is 3.48. The van der Waals surface area contributed by atoms with Gasteiger partial charge in [0.25, 0.3) is 0 Å². The number of hydrogen-bond donors (Lipinski definition) is 1. The first-order valence-electron chi connectivity index (χ1n) is 11.7. The Morgan fingerprint density at radius 1 is 1.06 bits per heavy atom. The fourth-order valence-corrected chi connectivity index (χ4v) is 5.29. The van der Waals surface area contributed by atoms with E-state index in [0.717, 1.165) is 66.6 Å². The molecule has 6 nitrogen and oxygen atoms in total. The van der Waals surface area contributed by atoms with Gasteiger partial charge in [0.2, 0.25) is 5.60 Å². The maximum Gasteiger partial charge on any atom is 0.348 e. The molecule has 1 aliphatic carbocycles. The molecule has 5 rings (SSSR count). The molecule has 2 aromatic carbocycles. The maximum absolute atomic E-state index is 13.4. The lowest BCUT2D eigenvalue weighted by Crippen LogP contribution is -2.52. The van der Waals surface area contributed by atoms with Crippen LogP contribution in [-0.2, 0) is 21.6 Å². The van der Waals surface area contributed by atoms with Gasteiger partial charge < -0.3 is 14.3 Å². The van der Waals surface area contributed by atoms with Crippen LogP contribution in [0.2, 0.25) is 0 Å². The summed E-state index contributed by atoms with van der Waals surface area (Å²) in [6, 6.07) is 17.1. The maximum atomic E-state index is 13.4. The summed E-state index contributed by atoms with van der Waals surface area (Å²) in [7, 11) is 2.27. The van der Waals surface area contributed by atoms with Crippen molar-refractivity contribution in [3.63, 3.8) is 0 Å². The SMILES string of the molecule is C[N+]1(CCCc2ccncn2)CCC(OC(=O)C2(O)c3ccccc3-c3ccccc32)CC1. The third kappa shape index (κ3) is 4.05. The molecule has 0 atom stereocenters. The third-order valence-corrected chi connectivity index (χ3v) is 7.25. The summed E-state index contributed by atoms with van der Waals surface area (Å²) in [5.41, 5.74) is 2.33. The molecule has 0 radical (unpaired) electrons. The largest absolute Gasteiger partial charge is 0.459 e. The first-order valence-corrected chi connectivity index (χ1v) is 11.7. The fraction of sp³-hybridized carbons (Fsp3) is 0.370. The van der Waals surface area contributed by atoms with Crippen molar-refractivity contribution in [3.8, 4) is 11.1 Å². The Hall–Kier alpha value is -3.09. The molecular weight excluding hydrogens is 414 g/mol. The number of aromatic nitrogens is 2. The number of piperidine rings is 1. The Labute approximate surface area is 194 Å². The van der Waals surface area contributed by atoms with E-state index in [1.54, 1.807) is 12.5 Å². The van der Waals surface area contributed by atoms with Crippen molar-refractivity contribution >= 4 is 5.97 Å². The molecule has 1 aromatic heterocycles. The van der Waals surface area contributed by atoms with Gasteiger partial charge in [0.05, 0.1) is 26.7 Å². The van der Waals surface area contributed by atoms with E-state index >= 15 is 0 Å². The van der Waals surface area contributed by atoms with Gasteiger partial charge in [-0.25, -0.2) is 14.8 Å². The number of esters is 1. The molecule has 3 aromatic rings. The molecule has 170 valence electrons. The quantitative estimate of drug-likeness (QED) is 0.466. The highest BCUT2D eigenvalue weighted by Crippen LogP contribution is 2.48. The molecule has 6 heteroatoms. The first kappa shape index (κ1) is 21.7. The summed E-state index contributed by atoms with van der Waals surface area (Å²) in [5.74, 6) is -0.565. The Kier molecular flexibility index (Phi) is 5.72. The Morgan fingerprint density at radius 2 is 1.70 bits per heavy atom. The summed E-state index contributed by atoms with van der Waals surface area (Å²) in [4.78, 5) is 21.6. The van der Waals surface area contributed by atoms with Crippen molar-refractivity contribution < 1.29 is 19.1 Å². The van der Waals surface area contributed by atoms with Gasteiger partial charge in [-0.05, 0) is 23.6 Å². The zero-order chi connectivity index (χ0) is 22.9. The predicted molar refractivity (Wildman–Crippen MR) is 125 cm³/mol. The number of fused-ring (bicyclic) bond motifs is 3. The van der Waals surface area contributed by atoms with Crippen LogP contribution >= 0.6 is 0 Å². The number of aliphatic hydroxyl groups is 1. The van der Waals surface area contributed by atoms with Crippen molar-refractivity contribution in [1.82, 2.24) is 9.97 Å². The van der Waals surface area contributed by atoms with Crippen LogP contribution in [0.3, 0.4) is 0 Å². The van der Waals surface area contributed by atoms with E-state index in [-0.39, 0.29) is 6.10 Å². The summed E-state index contributed by atoms with van der Waals surface area (Å²) in [5, 5.41) is 11.6. The molecule has 2 aliphatic rings. The molecule has 1 fully saturated rings. The average Bonchev–Trinajstić information content (AvgIpc) is 3.11. The molecular formula is C27H30N3O3+. The van der Waals surface area contributed by atoms with Crippen LogP contribution in [0.25, 0.3) is 11.1 Å².